The molecule has 1 aliphatic rings. The van der Waals surface area contributed by atoms with Crippen molar-refractivity contribution in [1.82, 2.24) is 0 Å². The van der Waals surface area contributed by atoms with Gasteiger partial charge in [-0.05, 0) is 44.4 Å². The molecule has 1 aliphatic carbocycles. The van der Waals surface area contributed by atoms with Gasteiger partial charge in [0.05, 0.1) is 0 Å². The minimum atomic E-state index is 0. The van der Waals surface area contributed by atoms with Crippen molar-refractivity contribution in [2.75, 3.05) is 11.9 Å². The molecule has 2 rings (SSSR count). The van der Waals surface area contributed by atoms with Crippen molar-refractivity contribution in [3.8, 4) is 0 Å². The fraction of sp³-hybridized carbons (Fsp3) is 0.500. The first-order chi connectivity index (χ1) is 8.20. The van der Waals surface area contributed by atoms with Gasteiger partial charge in [-0.15, -0.1) is 12.4 Å². The normalized spacial score (nSPS) is 22.3. The number of aryl methyl sites for hydroxylation is 1. The molecular formula is C14H21ClN2O. The van der Waals surface area contributed by atoms with Gasteiger partial charge < -0.3 is 11.1 Å². The Morgan fingerprint density at radius 3 is 2.61 bits per heavy atom. The van der Waals surface area contributed by atoms with E-state index in [4.69, 9.17) is 5.73 Å². The van der Waals surface area contributed by atoms with Gasteiger partial charge in [-0.25, -0.2) is 0 Å². The van der Waals surface area contributed by atoms with E-state index in [1.165, 1.54) is 5.56 Å². The van der Waals surface area contributed by atoms with E-state index in [0.29, 0.717) is 12.5 Å². The fourth-order valence-electron chi connectivity index (χ4n) is 2.54. The summed E-state index contributed by atoms with van der Waals surface area (Å²) in [5.41, 5.74) is 7.77. The van der Waals surface area contributed by atoms with Crippen molar-refractivity contribution in [3.05, 3.63) is 29.8 Å². The van der Waals surface area contributed by atoms with Crippen LogP contribution in [0.1, 0.15) is 24.8 Å². The maximum Gasteiger partial charge on any atom is 0.227 e. The van der Waals surface area contributed by atoms with Crippen LogP contribution in [0.3, 0.4) is 0 Å². The molecule has 4 heteroatoms. The Hall–Kier alpha value is -1.06. The van der Waals surface area contributed by atoms with Gasteiger partial charge in [-0.1, -0.05) is 24.1 Å². The maximum atomic E-state index is 12.1. The van der Waals surface area contributed by atoms with Gasteiger partial charge in [0.1, 0.15) is 0 Å². The van der Waals surface area contributed by atoms with E-state index < -0.39 is 0 Å². The highest BCUT2D eigenvalue weighted by Crippen LogP contribution is 2.31. The zero-order valence-corrected chi connectivity index (χ0v) is 11.5. The van der Waals surface area contributed by atoms with Crippen LogP contribution in [0.5, 0.6) is 0 Å². The second-order valence-corrected chi connectivity index (χ2v) is 4.89. The smallest absolute Gasteiger partial charge is 0.227 e. The van der Waals surface area contributed by atoms with E-state index in [1.807, 2.05) is 31.2 Å². The molecule has 3 nitrogen and oxygen atoms in total. The SMILES string of the molecule is Cc1ccc(NC(=O)[C@@H]2CCC[C@@H]2CN)cc1.Cl. The third kappa shape index (κ3) is 3.47. The average molecular weight is 269 g/mol. The zero-order valence-electron chi connectivity index (χ0n) is 10.7. The molecule has 18 heavy (non-hydrogen) atoms. The number of carbonyl (C=O) groups excluding carboxylic acids is 1. The topological polar surface area (TPSA) is 55.1 Å². The number of hydrogen-bond acceptors (Lipinski definition) is 2. The summed E-state index contributed by atoms with van der Waals surface area (Å²) in [6.45, 7) is 2.65. The highest BCUT2D eigenvalue weighted by Gasteiger charge is 2.31. The molecule has 1 saturated carbocycles. The van der Waals surface area contributed by atoms with Crippen LogP contribution in [-0.4, -0.2) is 12.5 Å². The zero-order chi connectivity index (χ0) is 12.3. The number of benzene rings is 1. The number of hydrogen-bond donors (Lipinski definition) is 2. The first kappa shape index (κ1) is 15.0. The number of nitrogens with one attached hydrogen (secondary N) is 1. The summed E-state index contributed by atoms with van der Waals surface area (Å²) in [5, 5.41) is 2.98. The monoisotopic (exact) mass is 268 g/mol. The third-order valence-corrected chi connectivity index (χ3v) is 3.62. The quantitative estimate of drug-likeness (QED) is 0.886. The summed E-state index contributed by atoms with van der Waals surface area (Å²) in [7, 11) is 0. The van der Waals surface area contributed by atoms with Crippen LogP contribution in [0, 0.1) is 18.8 Å². The Kier molecular flexibility index (Phi) is 5.63. The van der Waals surface area contributed by atoms with E-state index in [9.17, 15) is 4.79 Å². The van der Waals surface area contributed by atoms with Crippen molar-refractivity contribution >= 4 is 24.0 Å². The van der Waals surface area contributed by atoms with Crippen molar-refractivity contribution < 1.29 is 4.79 Å². The molecule has 3 N–H and O–H groups in total. The highest BCUT2D eigenvalue weighted by molar-refractivity contribution is 5.92. The molecule has 1 aromatic carbocycles. The lowest BCUT2D eigenvalue weighted by atomic mass is 9.95. The molecule has 0 bridgehead atoms. The molecule has 0 saturated heterocycles. The molecule has 0 aromatic heterocycles. The predicted octanol–water partition coefficient (Wildman–Crippen LogP) is 2.73. The summed E-state index contributed by atoms with van der Waals surface area (Å²) >= 11 is 0. The van der Waals surface area contributed by atoms with Gasteiger partial charge >= 0.3 is 0 Å². The standard InChI is InChI=1S/C14H20N2O.ClH/c1-10-5-7-12(8-6-10)16-14(17)13-4-2-3-11(13)9-15;/h5-8,11,13H,2-4,9,15H2,1H3,(H,16,17);1H/t11-,13-;/m1./s1. The molecule has 100 valence electrons. The first-order valence-corrected chi connectivity index (χ1v) is 6.28. The Bertz CT molecular complexity index is 391. The Morgan fingerprint density at radius 2 is 2.00 bits per heavy atom. The second kappa shape index (κ2) is 6.76. The largest absolute Gasteiger partial charge is 0.330 e. The van der Waals surface area contributed by atoms with Gasteiger partial charge in [-0.3, -0.25) is 4.79 Å². The summed E-state index contributed by atoms with van der Waals surface area (Å²) in [4.78, 5) is 12.1. The number of anilines is 1. The molecule has 2 atom stereocenters. The third-order valence-electron chi connectivity index (χ3n) is 3.62. The molecular weight excluding hydrogens is 248 g/mol. The highest BCUT2D eigenvalue weighted by atomic mass is 35.5. The van der Waals surface area contributed by atoms with Crippen LogP contribution in [0.25, 0.3) is 0 Å². The van der Waals surface area contributed by atoms with E-state index >= 15 is 0 Å². The summed E-state index contributed by atoms with van der Waals surface area (Å²) in [6.07, 6.45) is 3.18. The maximum absolute atomic E-state index is 12.1. The lowest BCUT2D eigenvalue weighted by molar-refractivity contribution is -0.120. The number of nitrogens with two attached hydrogens (primary N) is 1. The van der Waals surface area contributed by atoms with Gasteiger partial charge in [0.25, 0.3) is 0 Å². The molecule has 1 aromatic rings. The fourth-order valence-corrected chi connectivity index (χ4v) is 2.54. The number of rotatable bonds is 3. The minimum absolute atomic E-state index is 0. The summed E-state index contributed by atoms with van der Waals surface area (Å²) in [6, 6.07) is 7.90. The van der Waals surface area contributed by atoms with Gasteiger partial charge in [0.15, 0.2) is 0 Å². The molecule has 0 aliphatic heterocycles. The van der Waals surface area contributed by atoms with Crippen LogP contribution in [0.4, 0.5) is 5.69 Å². The van der Waals surface area contributed by atoms with Gasteiger partial charge in [0, 0.05) is 11.6 Å². The van der Waals surface area contributed by atoms with Crippen molar-refractivity contribution in [1.29, 1.82) is 0 Å². The minimum Gasteiger partial charge on any atom is -0.330 e. The Labute approximate surface area is 115 Å². The van der Waals surface area contributed by atoms with Gasteiger partial charge in [-0.2, -0.15) is 0 Å². The van der Waals surface area contributed by atoms with Crippen LogP contribution in [-0.2, 0) is 4.79 Å². The molecule has 0 radical (unpaired) electrons. The molecule has 0 unspecified atom stereocenters. The van der Waals surface area contributed by atoms with E-state index in [2.05, 4.69) is 5.32 Å². The number of halogens is 1. The van der Waals surface area contributed by atoms with E-state index in [-0.39, 0.29) is 24.2 Å². The summed E-state index contributed by atoms with van der Waals surface area (Å²) in [5.74, 6) is 0.587. The van der Waals surface area contributed by atoms with Gasteiger partial charge in [0.2, 0.25) is 5.91 Å². The lowest BCUT2D eigenvalue weighted by Crippen LogP contribution is -2.29. The number of amides is 1. The summed E-state index contributed by atoms with van der Waals surface area (Å²) < 4.78 is 0. The van der Waals surface area contributed by atoms with E-state index in [1.54, 1.807) is 0 Å². The molecule has 0 spiro atoms. The molecule has 1 amide bonds. The van der Waals surface area contributed by atoms with Crippen LogP contribution < -0.4 is 11.1 Å². The van der Waals surface area contributed by atoms with Crippen LogP contribution in [0.15, 0.2) is 24.3 Å². The molecule has 0 heterocycles. The van der Waals surface area contributed by atoms with Crippen LogP contribution >= 0.6 is 12.4 Å². The van der Waals surface area contributed by atoms with Crippen molar-refractivity contribution in [2.45, 2.75) is 26.2 Å². The van der Waals surface area contributed by atoms with Crippen molar-refractivity contribution in [2.24, 2.45) is 17.6 Å². The van der Waals surface area contributed by atoms with E-state index in [0.717, 1.165) is 24.9 Å². The Balaban J connectivity index is 0.00000162. The van der Waals surface area contributed by atoms with Crippen LogP contribution in [0.2, 0.25) is 0 Å². The number of carbonyl (C=O) groups is 1. The average Bonchev–Trinajstić information content (AvgIpc) is 2.80. The lowest BCUT2D eigenvalue weighted by Gasteiger charge is -2.17. The second-order valence-electron chi connectivity index (χ2n) is 4.89. The predicted molar refractivity (Wildman–Crippen MR) is 76.9 cm³/mol. The molecule has 1 fully saturated rings. The van der Waals surface area contributed by atoms with Crippen molar-refractivity contribution in [3.63, 3.8) is 0 Å². The Morgan fingerprint density at radius 1 is 1.33 bits per heavy atom. The first-order valence-electron chi connectivity index (χ1n) is 6.28.